The Hall–Kier alpha value is -1.85. The second-order valence-electron chi connectivity index (χ2n) is 10.0. The summed E-state index contributed by atoms with van der Waals surface area (Å²) in [4.78, 5) is 12.9. The SMILES string of the molecule is C/C(=C\[C@H](C)Cc1ccc(O)cc1)[C@H](C)C(=O)NC1CC(C)(C)N([O])C(C)(C)C1. The average Bonchev–Trinajstić information content (AvgIpc) is 2.60. The van der Waals surface area contributed by atoms with Crippen molar-refractivity contribution in [2.75, 3.05) is 0 Å². The minimum atomic E-state index is -0.494. The number of rotatable bonds is 6. The highest BCUT2D eigenvalue weighted by Crippen LogP contribution is 2.37. The smallest absolute Gasteiger partial charge is 0.227 e. The number of carbonyl (C=O) groups excluding carboxylic acids is 1. The number of carbonyl (C=O) groups is 1. The number of nitrogens with zero attached hydrogens (tertiary/aromatic N) is 1. The van der Waals surface area contributed by atoms with E-state index in [1.165, 1.54) is 5.06 Å². The van der Waals surface area contributed by atoms with Gasteiger partial charge in [0.1, 0.15) is 5.75 Å². The summed E-state index contributed by atoms with van der Waals surface area (Å²) in [5.41, 5.74) is 1.22. The van der Waals surface area contributed by atoms with Crippen molar-refractivity contribution < 1.29 is 15.1 Å². The molecule has 1 heterocycles. The highest BCUT2D eigenvalue weighted by molar-refractivity contribution is 5.81. The second kappa shape index (κ2) is 8.88. The fourth-order valence-electron chi connectivity index (χ4n) is 4.55. The maximum absolute atomic E-state index is 12.9. The number of allylic oxidation sites excluding steroid dienone is 1. The van der Waals surface area contributed by atoms with Gasteiger partial charge in [0, 0.05) is 17.1 Å². The van der Waals surface area contributed by atoms with E-state index < -0.39 is 11.1 Å². The molecule has 0 aliphatic carbocycles. The Kier molecular flexibility index (Phi) is 7.18. The van der Waals surface area contributed by atoms with Gasteiger partial charge in [0.15, 0.2) is 0 Å². The lowest BCUT2D eigenvalue weighted by atomic mass is 9.78. The number of piperidine rings is 1. The predicted molar refractivity (Wildman–Crippen MR) is 116 cm³/mol. The number of phenolic OH excluding ortho intramolecular Hbond substituents is 1. The van der Waals surface area contributed by atoms with Crippen LogP contribution in [0.1, 0.15) is 66.9 Å². The summed E-state index contributed by atoms with van der Waals surface area (Å²) in [6.45, 7) is 13.9. The second-order valence-corrected chi connectivity index (χ2v) is 10.0. The van der Waals surface area contributed by atoms with Crippen LogP contribution in [0.15, 0.2) is 35.9 Å². The van der Waals surface area contributed by atoms with Crippen molar-refractivity contribution in [3.63, 3.8) is 0 Å². The van der Waals surface area contributed by atoms with Crippen LogP contribution in [0.4, 0.5) is 0 Å². The van der Waals surface area contributed by atoms with Crippen molar-refractivity contribution in [2.24, 2.45) is 11.8 Å². The van der Waals surface area contributed by atoms with Gasteiger partial charge in [-0.15, -0.1) is 10.3 Å². The molecule has 0 bridgehead atoms. The first kappa shape index (κ1) is 23.4. The van der Waals surface area contributed by atoms with Crippen molar-refractivity contribution in [1.82, 2.24) is 10.4 Å². The number of benzene rings is 1. The van der Waals surface area contributed by atoms with Crippen molar-refractivity contribution >= 4 is 5.91 Å². The molecule has 2 N–H and O–H groups in total. The van der Waals surface area contributed by atoms with Gasteiger partial charge in [0.05, 0.1) is 5.92 Å². The van der Waals surface area contributed by atoms with Crippen LogP contribution in [0.3, 0.4) is 0 Å². The first-order valence-electron chi connectivity index (χ1n) is 10.6. The van der Waals surface area contributed by atoms with Gasteiger partial charge in [-0.3, -0.25) is 4.79 Å². The molecule has 1 fully saturated rings. The number of amides is 1. The lowest BCUT2D eigenvalue weighted by Gasteiger charge is -2.50. The van der Waals surface area contributed by atoms with Crippen LogP contribution in [0.5, 0.6) is 5.75 Å². The molecule has 5 nitrogen and oxygen atoms in total. The summed E-state index contributed by atoms with van der Waals surface area (Å²) >= 11 is 0. The molecule has 5 heteroatoms. The fraction of sp³-hybridized carbons (Fsp3) is 0.625. The van der Waals surface area contributed by atoms with Gasteiger partial charge < -0.3 is 10.4 Å². The molecular formula is C24H37N2O3. The number of aromatic hydroxyl groups is 1. The van der Waals surface area contributed by atoms with Crippen LogP contribution in [-0.2, 0) is 16.4 Å². The standard InChI is InChI=1S/C24H37N2O3/c1-16(13-19-8-10-21(27)11-9-19)12-17(2)18(3)22(28)25-20-14-23(4,5)26(29)24(6,7)15-20/h8-12,16,18,20,27H,13-15H2,1-7H3,(H,25,28)/b17-12+/t16-,18-/m0/s1. The van der Waals surface area contributed by atoms with E-state index in [2.05, 4.69) is 18.3 Å². The summed E-state index contributed by atoms with van der Waals surface area (Å²) in [5.74, 6) is 0.365. The van der Waals surface area contributed by atoms with Crippen LogP contribution in [0, 0.1) is 11.8 Å². The van der Waals surface area contributed by atoms with Gasteiger partial charge >= 0.3 is 0 Å². The summed E-state index contributed by atoms with van der Waals surface area (Å²) in [5, 5.41) is 26.3. The van der Waals surface area contributed by atoms with Gasteiger partial charge in [-0.05, 0) is 84.4 Å². The number of hydroxylamine groups is 2. The van der Waals surface area contributed by atoms with Crippen LogP contribution in [0.2, 0.25) is 0 Å². The molecular weight excluding hydrogens is 364 g/mol. The number of nitrogens with one attached hydrogen (secondary N) is 1. The van der Waals surface area contributed by atoms with Crippen LogP contribution < -0.4 is 5.32 Å². The molecule has 1 aliphatic rings. The normalized spacial score (nSPS) is 22.1. The van der Waals surface area contributed by atoms with E-state index in [4.69, 9.17) is 0 Å². The Morgan fingerprint density at radius 1 is 1.17 bits per heavy atom. The molecule has 1 aromatic rings. The maximum atomic E-state index is 12.9. The largest absolute Gasteiger partial charge is 0.508 e. The molecule has 0 spiro atoms. The molecule has 2 rings (SSSR count). The van der Waals surface area contributed by atoms with Crippen LogP contribution >= 0.6 is 0 Å². The highest BCUT2D eigenvalue weighted by Gasteiger charge is 2.46. The Morgan fingerprint density at radius 3 is 2.21 bits per heavy atom. The monoisotopic (exact) mass is 401 g/mol. The van der Waals surface area contributed by atoms with Gasteiger partial charge in [0.25, 0.3) is 0 Å². The van der Waals surface area contributed by atoms with E-state index in [1.807, 2.05) is 53.7 Å². The molecule has 1 amide bonds. The lowest BCUT2D eigenvalue weighted by Crippen LogP contribution is -2.62. The molecule has 1 saturated heterocycles. The van der Waals surface area contributed by atoms with E-state index in [0.717, 1.165) is 17.6 Å². The molecule has 0 unspecified atom stereocenters. The van der Waals surface area contributed by atoms with Crippen LogP contribution in [-0.4, -0.2) is 33.2 Å². The molecule has 29 heavy (non-hydrogen) atoms. The van der Waals surface area contributed by atoms with Gasteiger partial charge in [0.2, 0.25) is 5.91 Å². The molecule has 0 saturated carbocycles. The highest BCUT2D eigenvalue weighted by atomic mass is 16.5. The van der Waals surface area contributed by atoms with Gasteiger partial charge in [-0.25, -0.2) is 0 Å². The van der Waals surface area contributed by atoms with Crippen molar-refractivity contribution in [1.29, 1.82) is 0 Å². The fourth-order valence-corrected chi connectivity index (χ4v) is 4.55. The summed E-state index contributed by atoms with van der Waals surface area (Å²) in [6, 6.07) is 7.26. The Balaban J connectivity index is 1.97. The quantitative estimate of drug-likeness (QED) is 0.682. The average molecular weight is 402 g/mol. The van der Waals surface area contributed by atoms with E-state index in [-0.39, 0.29) is 29.5 Å². The topological polar surface area (TPSA) is 72.5 Å². The maximum Gasteiger partial charge on any atom is 0.227 e. The first-order chi connectivity index (χ1) is 13.3. The Morgan fingerprint density at radius 2 is 1.69 bits per heavy atom. The van der Waals surface area contributed by atoms with Crippen molar-refractivity contribution in [3.05, 3.63) is 41.5 Å². The van der Waals surface area contributed by atoms with Crippen molar-refractivity contribution in [2.45, 2.75) is 84.8 Å². The zero-order valence-electron chi connectivity index (χ0n) is 19.0. The Labute approximate surface area is 175 Å². The van der Waals surface area contributed by atoms with Gasteiger partial charge in [-0.1, -0.05) is 30.7 Å². The minimum Gasteiger partial charge on any atom is -0.508 e. The third-order valence-corrected chi connectivity index (χ3v) is 6.06. The third-order valence-electron chi connectivity index (χ3n) is 6.06. The minimum absolute atomic E-state index is 0.00219. The molecule has 1 radical (unpaired) electrons. The molecule has 1 aromatic carbocycles. The van der Waals surface area contributed by atoms with E-state index >= 15 is 0 Å². The first-order valence-corrected chi connectivity index (χ1v) is 10.6. The van der Waals surface area contributed by atoms with E-state index in [9.17, 15) is 15.1 Å². The van der Waals surface area contributed by atoms with Crippen LogP contribution in [0.25, 0.3) is 0 Å². The number of phenols is 1. The summed E-state index contributed by atoms with van der Waals surface area (Å²) in [6.07, 6.45) is 4.32. The molecule has 0 aromatic heterocycles. The summed E-state index contributed by atoms with van der Waals surface area (Å²) in [7, 11) is 0. The zero-order chi connectivity index (χ0) is 22.0. The molecule has 161 valence electrons. The zero-order valence-corrected chi connectivity index (χ0v) is 19.0. The summed E-state index contributed by atoms with van der Waals surface area (Å²) < 4.78 is 0. The third kappa shape index (κ3) is 6.06. The Bertz CT molecular complexity index is 719. The molecule has 1 aliphatic heterocycles. The van der Waals surface area contributed by atoms with Gasteiger partial charge in [-0.2, -0.15) is 0 Å². The number of hydrogen-bond donors (Lipinski definition) is 2. The number of hydrogen-bond acceptors (Lipinski definition) is 3. The van der Waals surface area contributed by atoms with E-state index in [1.54, 1.807) is 12.1 Å². The van der Waals surface area contributed by atoms with Crippen molar-refractivity contribution in [3.8, 4) is 5.75 Å². The van der Waals surface area contributed by atoms with E-state index in [0.29, 0.717) is 12.8 Å². The molecule has 2 atom stereocenters. The lowest BCUT2D eigenvalue weighted by molar-refractivity contribution is -0.290. The predicted octanol–water partition coefficient (Wildman–Crippen LogP) is 4.64.